The Labute approximate surface area is 112 Å². The molecule has 2 N–H and O–H groups in total. The number of hydrogen-bond acceptors (Lipinski definition) is 3. The Balaban J connectivity index is 0.00000162. The third kappa shape index (κ3) is 2.71. The molecule has 0 aliphatic carbocycles. The smallest absolute Gasteiger partial charge is 0.293 e. The third-order valence-corrected chi connectivity index (χ3v) is 2.56. The monoisotopic (exact) mass is 265 g/mol. The van der Waals surface area contributed by atoms with Crippen molar-refractivity contribution in [3.8, 4) is 0 Å². The second-order valence-electron chi connectivity index (χ2n) is 4.18. The molecule has 0 aliphatic rings. The van der Waals surface area contributed by atoms with Gasteiger partial charge < -0.3 is 5.73 Å². The average Bonchev–Trinajstić information content (AvgIpc) is 2.29. The first-order chi connectivity index (χ1) is 8.09. The van der Waals surface area contributed by atoms with Gasteiger partial charge in [-0.05, 0) is 26.0 Å². The molecule has 1 heterocycles. The molecule has 0 radical (unpaired) electrons. The largest absolute Gasteiger partial charge is 0.379 e. The summed E-state index contributed by atoms with van der Waals surface area (Å²) in [4.78, 5) is 16.0. The fourth-order valence-corrected chi connectivity index (χ4v) is 1.67. The fourth-order valence-electron chi connectivity index (χ4n) is 1.67. The molecule has 0 unspecified atom stereocenters. The lowest BCUT2D eigenvalue weighted by atomic mass is 10.2. The fraction of sp³-hybridized carbons (Fsp3) is 0.231. The van der Waals surface area contributed by atoms with Gasteiger partial charge in [0.15, 0.2) is 5.82 Å². The van der Waals surface area contributed by atoms with Gasteiger partial charge in [-0.1, -0.05) is 23.8 Å². The summed E-state index contributed by atoms with van der Waals surface area (Å²) in [5.74, 6) is 0.0471. The summed E-state index contributed by atoms with van der Waals surface area (Å²) < 4.78 is 1.64. The summed E-state index contributed by atoms with van der Waals surface area (Å²) in [5.41, 5.74) is 8.11. The minimum Gasteiger partial charge on any atom is -0.379 e. The number of fused-ring (bicyclic) bond motifs is 1. The Morgan fingerprint density at radius 3 is 2.72 bits per heavy atom. The summed E-state index contributed by atoms with van der Waals surface area (Å²) in [6.07, 6.45) is 1.99. The summed E-state index contributed by atoms with van der Waals surface area (Å²) in [6, 6.07) is 7.50. The number of anilines is 1. The zero-order valence-corrected chi connectivity index (χ0v) is 11.2. The third-order valence-electron chi connectivity index (χ3n) is 2.56. The van der Waals surface area contributed by atoms with Gasteiger partial charge in [-0.15, -0.1) is 12.4 Å². The number of allylic oxidation sites excluding steroid dienone is 2. The van der Waals surface area contributed by atoms with Crippen LogP contribution in [0.3, 0.4) is 0 Å². The van der Waals surface area contributed by atoms with E-state index < -0.39 is 0 Å². The Morgan fingerprint density at radius 2 is 2.06 bits per heavy atom. The number of benzene rings is 1. The molecule has 18 heavy (non-hydrogen) atoms. The van der Waals surface area contributed by atoms with Crippen molar-refractivity contribution in [2.75, 3.05) is 5.73 Å². The van der Waals surface area contributed by atoms with E-state index in [1.807, 2.05) is 44.2 Å². The number of rotatable bonds is 2. The predicted molar refractivity (Wildman–Crippen MR) is 77.1 cm³/mol. The molecule has 0 bridgehead atoms. The number of aromatic nitrogens is 2. The van der Waals surface area contributed by atoms with Gasteiger partial charge >= 0.3 is 0 Å². The van der Waals surface area contributed by atoms with Gasteiger partial charge in [0.1, 0.15) is 0 Å². The van der Waals surface area contributed by atoms with Crippen LogP contribution in [0.1, 0.15) is 13.8 Å². The van der Waals surface area contributed by atoms with E-state index in [-0.39, 0.29) is 23.8 Å². The van der Waals surface area contributed by atoms with E-state index in [4.69, 9.17) is 5.73 Å². The van der Waals surface area contributed by atoms with E-state index in [2.05, 4.69) is 4.98 Å². The molecule has 0 fully saturated rings. The first kappa shape index (κ1) is 14.3. The van der Waals surface area contributed by atoms with E-state index in [9.17, 15) is 4.79 Å². The lowest BCUT2D eigenvalue weighted by Gasteiger charge is -2.08. The van der Waals surface area contributed by atoms with Crippen LogP contribution in [-0.4, -0.2) is 9.55 Å². The number of nitrogen functional groups attached to an aromatic ring is 1. The molecule has 4 nitrogen and oxygen atoms in total. The Morgan fingerprint density at radius 1 is 1.39 bits per heavy atom. The molecule has 96 valence electrons. The van der Waals surface area contributed by atoms with Crippen molar-refractivity contribution >= 4 is 29.3 Å². The van der Waals surface area contributed by atoms with Crippen LogP contribution >= 0.6 is 12.4 Å². The maximum atomic E-state index is 11.9. The van der Waals surface area contributed by atoms with Crippen molar-refractivity contribution in [1.82, 2.24) is 9.55 Å². The average molecular weight is 266 g/mol. The quantitative estimate of drug-likeness (QED) is 0.848. The number of para-hydroxylation sites is 2. The van der Waals surface area contributed by atoms with Crippen LogP contribution < -0.4 is 11.3 Å². The first-order valence-electron chi connectivity index (χ1n) is 5.48. The second-order valence-corrected chi connectivity index (χ2v) is 4.18. The minimum absolute atomic E-state index is 0. The molecule has 1 aromatic carbocycles. The van der Waals surface area contributed by atoms with Crippen molar-refractivity contribution in [3.63, 3.8) is 0 Å². The highest BCUT2D eigenvalue weighted by Gasteiger charge is 2.06. The molecular weight excluding hydrogens is 250 g/mol. The van der Waals surface area contributed by atoms with E-state index >= 15 is 0 Å². The van der Waals surface area contributed by atoms with Gasteiger partial charge in [0, 0.05) is 6.54 Å². The van der Waals surface area contributed by atoms with Gasteiger partial charge in [0.25, 0.3) is 5.56 Å². The highest BCUT2D eigenvalue weighted by atomic mass is 35.5. The number of hydrogen-bond donors (Lipinski definition) is 1. The zero-order valence-electron chi connectivity index (χ0n) is 10.4. The SMILES string of the molecule is CC(C)=CCn1c(=O)c(N)nc2ccccc21.Cl. The van der Waals surface area contributed by atoms with Gasteiger partial charge in [-0.25, -0.2) is 4.98 Å². The number of nitrogens with zero attached hydrogens (tertiary/aromatic N) is 2. The molecule has 1 aromatic heterocycles. The van der Waals surface area contributed by atoms with Crippen LogP contribution in [0.5, 0.6) is 0 Å². The molecule has 0 amide bonds. The lowest BCUT2D eigenvalue weighted by molar-refractivity contribution is 0.807. The maximum absolute atomic E-state index is 11.9. The van der Waals surface area contributed by atoms with Crippen LogP contribution in [0.4, 0.5) is 5.82 Å². The number of halogens is 1. The normalized spacial score (nSPS) is 9.89. The van der Waals surface area contributed by atoms with Crippen LogP contribution in [-0.2, 0) is 6.54 Å². The van der Waals surface area contributed by atoms with Gasteiger partial charge in [-0.3, -0.25) is 9.36 Å². The van der Waals surface area contributed by atoms with Crippen LogP contribution in [0.25, 0.3) is 11.0 Å². The number of nitrogens with two attached hydrogens (primary N) is 1. The summed E-state index contributed by atoms with van der Waals surface area (Å²) in [7, 11) is 0. The molecule has 0 atom stereocenters. The van der Waals surface area contributed by atoms with Crippen molar-refractivity contribution < 1.29 is 0 Å². The lowest BCUT2D eigenvalue weighted by Crippen LogP contribution is -2.24. The van der Waals surface area contributed by atoms with E-state index in [1.165, 1.54) is 0 Å². The van der Waals surface area contributed by atoms with Crippen molar-refractivity contribution in [2.24, 2.45) is 0 Å². The highest BCUT2D eigenvalue weighted by molar-refractivity contribution is 5.85. The van der Waals surface area contributed by atoms with E-state index in [0.717, 1.165) is 16.6 Å². The van der Waals surface area contributed by atoms with Crippen molar-refractivity contribution in [2.45, 2.75) is 20.4 Å². The summed E-state index contributed by atoms with van der Waals surface area (Å²) >= 11 is 0. The first-order valence-corrected chi connectivity index (χ1v) is 5.48. The van der Waals surface area contributed by atoms with Crippen LogP contribution in [0, 0.1) is 0 Å². The molecule has 0 saturated heterocycles. The van der Waals surface area contributed by atoms with E-state index in [0.29, 0.717) is 6.54 Å². The Kier molecular flexibility index (Phi) is 4.50. The summed E-state index contributed by atoms with van der Waals surface area (Å²) in [5, 5.41) is 0. The molecular formula is C13H16ClN3O. The van der Waals surface area contributed by atoms with Crippen LogP contribution in [0.15, 0.2) is 40.7 Å². The molecule has 5 heteroatoms. The molecule has 0 saturated carbocycles. The minimum atomic E-state index is -0.235. The standard InChI is InChI=1S/C13H15N3O.ClH/c1-9(2)7-8-16-11-6-4-3-5-10(11)15-12(14)13(16)17;/h3-7H,8H2,1-2H3,(H2,14,15);1H. The molecule has 2 rings (SSSR count). The maximum Gasteiger partial charge on any atom is 0.293 e. The molecule has 0 spiro atoms. The van der Waals surface area contributed by atoms with Gasteiger partial charge in [0.2, 0.25) is 0 Å². The topological polar surface area (TPSA) is 60.9 Å². The van der Waals surface area contributed by atoms with Gasteiger partial charge in [-0.2, -0.15) is 0 Å². The van der Waals surface area contributed by atoms with Crippen molar-refractivity contribution in [3.05, 3.63) is 46.3 Å². The van der Waals surface area contributed by atoms with Gasteiger partial charge in [0.05, 0.1) is 11.0 Å². The van der Waals surface area contributed by atoms with Crippen LogP contribution in [0.2, 0.25) is 0 Å². The summed E-state index contributed by atoms with van der Waals surface area (Å²) in [6.45, 7) is 4.52. The Hall–Kier alpha value is -1.81. The zero-order chi connectivity index (χ0) is 12.4. The highest BCUT2D eigenvalue weighted by Crippen LogP contribution is 2.10. The van der Waals surface area contributed by atoms with E-state index in [1.54, 1.807) is 4.57 Å². The predicted octanol–water partition coefficient (Wildman–Crippen LogP) is 2.37. The molecule has 0 aliphatic heterocycles. The van der Waals surface area contributed by atoms with Crippen molar-refractivity contribution in [1.29, 1.82) is 0 Å². The Bertz CT molecular complexity index is 642. The molecule has 2 aromatic rings. The second kappa shape index (κ2) is 5.69.